The minimum Gasteiger partial charge on any atom is -0.550 e. The van der Waals surface area contributed by atoms with E-state index in [0.717, 1.165) is 31.3 Å². The average Bonchev–Trinajstić information content (AvgIpc) is 2.97. The molecule has 166 valence electrons. The van der Waals surface area contributed by atoms with E-state index in [1.54, 1.807) is 6.08 Å². The molecule has 0 aromatic heterocycles. The summed E-state index contributed by atoms with van der Waals surface area (Å²) in [5.41, 5.74) is -0.499. The molecule has 1 N–H and O–H groups in total. The molecule has 0 radical (unpaired) electrons. The van der Waals surface area contributed by atoms with Gasteiger partial charge in [-0.25, -0.2) is 0 Å². The molecular weight excluding hydrogens is 423 g/mol. The van der Waals surface area contributed by atoms with E-state index in [4.69, 9.17) is 4.74 Å². The smallest absolute Gasteiger partial charge is 0.550 e. The first-order valence-electron chi connectivity index (χ1n) is 11.3. The topological polar surface area (TPSA) is 104 Å². The number of methoxy groups -OCH3 is 1. The summed E-state index contributed by atoms with van der Waals surface area (Å²) in [5.74, 6) is -1.09. The Morgan fingerprint density at radius 2 is 1.87 bits per heavy atom. The van der Waals surface area contributed by atoms with Gasteiger partial charge in [-0.15, -0.1) is 0 Å². The molecule has 0 aliphatic heterocycles. The van der Waals surface area contributed by atoms with Crippen LogP contribution in [0.1, 0.15) is 71.6 Å². The van der Waals surface area contributed by atoms with Crippen molar-refractivity contribution in [1.29, 1.82) is 0 Å². The maximum absolute atomic E-state index is 12.9. The molecule has 0 aromatic rings. The Kier molecular flexibility index (Phi) is 7.38. The van der Waals surface area contributed by atoms with E-state index in [2.05, 4.69) is 13.8 Å². The number of carbonyl (C=O) groups excluding carboxylic acids is 3. The van der Waals surface area contributed by atoms with Crippen molar-refractivity contribution in [3.63, 3.8) is 0 Å². The van der Waals surface area contributed by atoms with Gasteiger partial charge in [-0.2, -0.15) is 0 Å². The quantitative estimate of drug-likeness (QED) is 0.438. The van der Waals surface area contributed by atoms with Crippen LogP contribution in [0.5, 0.6) is 0 Å². The number of aliphatic carboxylic acids is 1. The van der Waals surface area contributed by atoms with Crippen molar-refractivity contribution in [1.82, 2.24) is 0 Å². The van der Waals surface area contributed by atoms with E-state index >= 15 is 0 Å². The van der Waals surface area contributed by atoms with Crippen LogP contribution in [0.4, 0.5) is 0 Å². The predicted molar refractivity (Wildman–Crippen MR) is 107 cm³/mol. The van der Waals surface area contributed by atoms with Gasteiger partial charge in [0.2, 0.25) is 0 Å². The first-order valence-corrected chi connectivity index (χ1v) is 11.3. The zero-order valence-electron chi connectivity index (χ0n) is 19.2. The van der Waals surface area contributed by atoms with Crippen molar-refractivity contribution in [2.24, 2.45) is 34.5 Å². The first-order chi connectivity index (χ1) is 14.1. The molecule has 6 nitrogen and oxygen atoms in total. The Morgan fingerprint density at radius 3 is 2.52 bits per heavy atom. The molecule has 4 rings (SSSR count). The number of ether oxygens (including phenoxy) is 1. The summed E-state index contributed by atoms with van der Waals surface area (Å²) >= 11 is 0. The molecule has 3 fully saturated rings. The van der Waals surface area contributed by atoms with E-state index in [9.17, 15) is 24.6 Å². The van der Waals surface area contributed by atoms with Gasteiger partial charge in [-0.1, -0.05) is 19.4 Å². The number of carboxylic acid groups (broad SMARTS) is 1. The van der Waals surface area contributed by atoms with Gasteiger partial charge < -0.3 is 19.7 Å². The van der Waals surface area contributed by atoms with E-state index in [0.29, 0.717) is 19.3 Å². The van der Waals surface area contributed by atoms with Crippen molar-refractivity contribution in [2.75, 3.05) is 7.11 Å². The molecule has 31 heavy (non-hydrogen) atoms. The minimum absolute atomic E-state index is 0. The standard InChI is InChI=1S/C24H34O6.K/c1-22-8-4-15(25)12-14(22)13-16(21(28)30-3)20-17(22)5-9-23(2)18(20)6-10-24(23,29)11-7-19(26)27;/h12,16-18,20,29H,4-11,13H2,1-3H3,(H,26,27);/q;+1/p-1/t16-,17+,18+,20?,22+,23+,24-;/m1./s1. The van der Waals surface area contributed by atoms with Crippen LogP contribution in [-0.2, 0) is 19.1 Å². The van der Waals surface area contributed by atoms with Crippen molar-refractivity contribution in [3.05, 3.63) is 11.6 Å². The number of esters is 1. The number of hydrogen-bond acceptors (Lipinski definition) is 6. The molecule has 0 bridgehead atoms. The summed E-state index contributed by atoms with van der Waals surface area (Å²) < 4.78 is 5.19. The Bertz CT molecular complexity index is 808. The van der Waals surface area contributed by atoms with Crippen molar-refractivity contribution in [2.45, 2.75) is 77.2 Å². The second-order valence-corrected chi connectivity index (χ2v) is 10.6. The number of carboxylic acids is 1. The SMILES string of the molecule is COC(=O)[C@@H]1CC2=CC(=O)CC[C@]2(C)[C@H]2CC[C@@]3(C)[C@@H](CC[C@@]3(O)CCC(=O)[O-])C12.[K+]. The molecule has 7 heteroatoms. The molecule has 1 unspecified atom stereocenters. The van der Waals surface area contributed by atoms with Crippen LogP contribution in [0.25, 0.3) is 0 Å². The Balaban J connectivity index is 0.00000272. The molecule has 0 spiro atoms. The van der Waals surface area contributed by atoms with Crippen LogP contribution in [-0.4, -0.2) is 35.5 Å². The van der Waals surface area contributed by atoms with Gasteiger partial charge in [0, 0.05) is 12.4 Å². The third-order valence-corrected chi connectivity index (χ3v) is 9.58. The molecule has 4 aliphatic rings. The van der Waals surface area contributed by atoms with Crippen LogP contribution in [0.2, 0.25) is 0 Å². The second kappa shape index (κ2) is 8.95. The minimum atomic E-state index is -1.14. The zero-order chi connectivity index (χ0) is 21.9. The molecule has 4 aliphatic carbocycles. The number of ketones is 1. The van der Waals surface area contributed by atoms with Crippen molar-refractivity contribution in [3.8, 4) is 0 Å². The Hall–Kier alpha value is -0.0536. The molecule has 3 saturated carbocycles. The van der Waals surface area contributed by atoms with Gasteiger partial charge in [-0.3, -0.25) is 9.59 Å². The maximum Gasteiger partial charge on any atom is 1.00 e. The fourth-order valence-corrected chi connectivity index (χ4v) is 7.79. The van der Waals surface area contributed by atoms with Gasteiger partial charge >= 0.3 is 57.4 Å². The van der Waals surface area contributed by atoms with E-state index in [1.807, 2.05) is 0 Å². The number of aliphatic hydroxyl groups is 1. The summed E-state index contributed by atoms with van der Waals surface area (Å²) in [4.78, 5) is 36.1. The molecular formula is C24H33KO6. The zero-order valence-corrected chi connectivity index (χ0v) is 22.4. The van der Waals surface area contributed by atoms with E-state index < -0.39 is 17.0 Å². The fourth-order valence-electron chi connectivity index (χ4n) is 7.79. The molecule has 0 aromatic carbocycles. The summed E-state index contributed by atoms with van der Waals surface area (Å²) in [6, 6.07) is 0. The third kappa shape index (κ3) is 3.95. The van der Waals surface area contributed by atoms with Gasteiger partial charge in [0.1, 0.15) is 0 Å². The first kappa shape index (κ1) is 25.6. The number of allylic oxidation sites excluding steroid dienone is 1. The Morgan fingerprint density at radius 1 is 1.19 bits per heavy atom. The molecule has 0 heterocycles. The maximum atomic E-state index is 12.9. The van der Waals surface area contributed by atoms with Crippen molar-refractivity contribution >= 4 is 17.7 Å². The molecule has 0 amide bonds. The molecule has 7 atom stereocenters. The van der Waals surface area contributed by atoms with Gasteiger partial charge in [0.15, 0.2) is 5.78 Å². The monoisotopic (exact) mass is 456 g/mol. The number of rotatable bonds is 4. The van der Waals surface area contributed by atoms with E-state index in [-0.39, 0.29) is 105 Å². The summed E-state index contributed by atoms with van der Waals surface area (Å²) in [6.07, 6.45) is 6.70. The van der Waals surface area contributed by atoms with Gasteiger partial charge in [-0.05, 0) is 86.0 Å². The van der Waals surface area contributed by atoms with Gasteiger partial charge in [0.25, 0.3) is 0 Å². The predicted octanol–water partition coefficient (Wildman–Crippen LogP) is -0.817. The second-order valence-electron chi connectivity index (χ2n) is 10.6. The van der Waals surface area contributed by atoms with Crippen molar-refractivity contribution < 1.29 is 80.7 Å². The Labute approximate surface area is 227 Å². The number of fused-ring (bicyclic) bond motifs is 5. The molecule has 0 saturated heterocycles. The van der Waals surface area contributed by atoms with Gasteiger partial charge in [0.05, 0.1) is 18.6 Å². The average molecular weight is 457 g/mol. The van der Waals surface area contributed by atoms with Crippen LogP contribution in [0.15, 0.2) is 11.6 Å². The fraction of sp³-hybridized carbons (Fsp3) is 0.792. The summed E-state index contributed by atoms with van der Waals surface area (Å²) in [5, 5.41) is 22.6. The largest absolute Gasteiger partial charge is 1.00 e. The number of carbonyl (C=O) groups is 3. The van der Waals surface area contributed by atoms with Crippen LogP contribution < -0.4 is 56.5 Å². The van der Waals surface area contributed by atoms with Crippen LogP contribution >= 0.6 is 0 Å². The van der Waals surface area contributed by atoms with E-state index in [1.165, 1.54) is 7.11 Å². The summed E-state index contributed by atoms with van der Waals surface area (Å²) in [6.45, 7) is 4.33. The van der Waals surface area contributed by atoms with Crippen LogP contribution in [0.3, 0.4) is 0 Å². The van der Waals surface area contributed by atoms with Crippen LogP contribution in [0, 0.1) is 34.5 Å². The number of hydrogen-bond donors (Lipinski definition) is 1. The third-order valence-electron chi connectivity index (χ3n) is 9.58. The normalized spacial score (nSPS) is 43.6. The summed E-state index contributed by atoms with van der Waals surface area (Å²) in [7, 11) is 1.42.